The molecule has 0 radical (unpaired) electrons. The monoisotopic (exact) mass is 420 g/mol. The van der Waals surface area contributed by atoms with E-state index in [1.807, 2.05) is 42.5 Å². The predicted molar refractivity (Wildman–Crippen MR) is 122 cm³/mol. The second-order valence-corrected chi connectivity index (χ2v) is 7.42. The normalized spacial score (nSPS) is 17.3. The molecule has 31 heavy (non-hydrogen) atoms. The number of methoxy groups -OCH3 is 1. The molecule has 6 nitrogen and oxygen atoms in total. The fraction of sp³-hybridized carbons (Fsp3) is 0.320. The zero-order chi connectivity index (χ0) is 22.3. The molecule has 3 rings (SSSR count). The van der Waals surface area contributed by atoms with E-state index in [0.29, 0.717) is 25.1 Å². The van der Waals surface area contributed by atoms with Crippen LogP contribution in [-0.4, -0.2) is 37.2 Å². The Kier molecular flexibility index (Phi) is 7.23. The number of hydrogen-bond acceptors (Lipinski definition) is 6. The molecule has 1 heterocycles. The van der Waals surface area contributed by atoms with Crippen LogP contribution in [0.3, 0.4) is 0 Å². The molecule has 162 valence electrons. The van der Waals surface area contributed by atoms with E-state index in [-0.39, 0.29) is 24.6 Å². The van der Waals surface area contributed by atoms with E-state index in [2.05, 4.69) is 4.99 Å². The third-order valence-corrected chi connectivity index (χ3v) is 5.46. The van der Waals surface area contributed by atoms with Crippen molar-refractivity contribution < 1.29 is 19.1 Å². The lowest BCUT2D eigenvalue weighted by Gasteiger charge is -2.29. The number of aryl methyl sites for hydroxylation is 1. The van der Waals surface area contributed by atoms with Crippen molar-refractivity contribution in [1.82, 2.24) is 0 Å². The quantitative estimate of drug-likeness (QED) is 0.463. The molecule has 0 saturated heterocycles. The highest BCUT2D eigenvalue weighted by Gasteiger charge is 2.43. The van der Waals surface area contributed by atoms with E-state index in [9.17, 15) is 9.59 Å². The van der Waals surface area contributed by atoms with E-state index in [1.54, 1.807) is 32.4 Å². The Labute approximate surface area is 182 Å². The molecule has 0 amide bonds. The zero-order valence-electron chi connectivity index (χ0n) is 18.0. The summed E-state index contributed by atoms with van der Waals surface area (Å²) in [4.78, 5) is 30.2. The molecular weight excluding hydrogens is 392 g/mol. The lowest BCUT2D eigenvalue weighted by Crippen LogP contribution is -2.37. The molecule has 2 aromatic rings. The number of carbonyl (C=O) groups excluding carboxylic acids is 2. The number of carbonyl (C=O) groups is 2. The average Bonchev–Trinajstić information content (AvgIpc) is 3.22. The average molecular weight is 421 g/mol. The Hall–Kier alpha value is -3.41. The molecule has 0 bridgehead atoms. The summed E-state index contributed by atoms with van der Waals surface area (Å²) < 4.78 is 10.3. The molecule has 0 fully saturated rings. The lowest BCUT2D eigenvalue weighted by atomic mass is 9.78. The zero-order valence-corrected chi connectivity index (χ0v) is 18.0. The van der Waals surface area contributed by atoms with Crippen molar-refractivity contribution >= 4 is 29.2 Å². The van der Waals surface area contributed by atoms with Gasteiger partial charge >= 0.3 is 5.97 Å². The Morgan fingerprint density at radius 2 is 1.74 bits per heavy atom. The summed E-state index contributed by atoms with van der Waals surface area (Å²) in [7, 11) is 1.62. The van der Waals surface area contributed by atoms with Crippen LogP contribution in [0.2, 0.25) is 0 Å². The molecule has 0 saturated carbocycles. The van der Waals surface area contributed by atoms with Crippen molar-refractivity contribution in [2.75, 3.05) is 19.5 Å². The van der Waals surface area contributed by atoms with Crippen LogP contribution in [0.1, 0.15) is 37.3 Å². The van der Waals surface area contributed by atoms with Gasteiger partial charge in [0.15, 0.2) is 5.78 Å². The molecule has 6 heteroatoms. The number of nitrogen functional groups attached to an aromatic ring is 1. The molecule has 2 N–H and O–H groups in total. The van der Waals surface area contributed by atoms with Crippen molar-refractivity contribution in [1.29, 1.82) is 0 Å². The number of Topliss-reactive ketones (excluding diaryl/α,β-unsaturated/α-hetero) is 1. The number of anilines is 1. The summed E-state index contributed by atoms with van der Waals surface area (Å²) in [5.41, 5.74) is 8.07. The first-order valence-corrected chi connectivity index (χ1v) is 10.4. The van der Waals surface area contributed by atoms with Crippen LogP contribution in [0.4, 0.5) is 5.69 Å². The van der Waals surface area contributed by atoms with E-state index >= 15 is 0 Å². The number of nitrogens with two attached hydrogens (primary N) is 1. The van der Waals surface area contributed by atoms with E-state index < -0.39 is 5.54 Å². The van der Waals surface area contributed by atoms with Crippen molar-refractivity contribution in [2.45, 2.75) is 38.1 Å². The highest BCUT2D eigenvalue weighted by Crippen LogP contribution is 2.40. The van der Waals surface area contributed by atoms with Gasteiger partial charge < -0.3 is 15.2 Å². The van der Waals surface area contributed by atoms with Gasteiger partial charge in [0.2, 0.25) is 0 Å². The minimum atomic E-state index is -1.10. The molecule has 1 aliphatic rings. The number of allylic oxidation sites excluding steroid dienone is 1. The van der Waals surface area contributed by atoms with Crippen LogP contribution in [-0.2, 0) is 20.7 Å². The predicted octanol–water partition coefficient (Wildman–Crippen LogP) is 4.03. The van der Waals surface area contributed by atoms with Crippen molar-refractivity contribution in [3.63, 3.8) is 0 Å². The number of ketones is 1. The van der Waals surface area contributed by atoms with Crippen LogP contribution in [0.15, 0.2) is 59.6 Å². The standard InChI is InChI=1S/C25H28N2O4/c1-3-31-24(29)14-16-25(22(15-17-27-25)19-7-9-20(26)10-8-19)23(28)13-6-18-4-11-21(30-2)12-5-18/h4-5,7-12,15,17H,3,6,13-14,16,26H2,1-2H3. The number of nitrogens with zero attached hydrogens (tertiary/aromatic N) is 1. The smallest absolute Gasteiger partial charge is 0.305 e. The van der Waals surface area contributed by atoms with E-state index in [4.69, 9.17) is 15.2 Å². The first-order chi connectivity index (χ1) is 15.0. The van der Waals surface area contributed by atoms with Gasteiger partial charge in [0.25, 0.3) is 0 Å². The second-order valence-electron chi connectivity index (χ2n) is 7.42. The van der Waals surface area contributed by atoms with Crippen LogP contribution >= 0.6 is 0 Å². The number of aliphatic imine (C=N–C) groups is 1. The number of hydrogen-bond donors (Lipinski definition) is 1. The van der Waals surface area contributed by atoms with E-state index in [0.717, 1.165) is 22.4 Å². The molecular formula is C25H28N2O4. The summed E-state index contributed by atoms with van der Waals surface area (Å²) in [6.45, 7) is 2.07. The van der Waals surface area contributed by atoms with Crippen LogP contribution in [0.5, 0.6) is 5.75 Å². The Morgan fingerprint density at radius 3 is 2.39 bits per heavy atom. The largest absolute Gasteiger partial charge is 0.497 e. The van der Waals surface area contributed by atoms with Gasteiger partial charge in [-0.15, -0.1) is 0 Å². The van der Waals surface area contributed by atoms with Gasteiger partial charge in [0, 0.05) is 24.7 Å². The first-order valence-electron chi connectivity index (χ1n) is 10.4. The first kappa shape index (κ1) is 22.3. The molecule has 0 spiro atoms. The van der Waals surface area contributed by atoms with Gasteiger partial charge in [-0.05, 0) is 66.8 Å². The fourth-order valence-corrected chi connectivity index (χ4v) is 3.78. The van der Waals surface area contributed by atoms with Crippen LogP contribution < -0.4 is 10.5 Å². The Bertz CT molecular complexity index is 978. The molecule has 2 aromatic carbocycles. The highest BCUT2D eigenvalue weighted by atomic mass is 16.5. The Balaban J connectivity index is 1.83. The van der Waals surface area contributed by atoms with Gasteiger partial charge in [-0.25, -0.2) is 0 Å². The fourth-order valence-electron chi connectivity index (χ4n) is 3.78. The van der Waals surface area contributed by atoms with Crippen molar-refractivity contribution in [3.8, 4) is 5.75 Å². The number of ether oxygens (including phenoxy) is 2. The topological polar surface area (TPSA) is 91.0 Å². The number of rotatable bonds is 10. The van der Waals surface area contributed by atoms with Gasteiger partial charge in [0.05, 0.1) is 13.7 Å². The van der Waals surface area contributed by atoms with Gasteiger partial charge in [-0.1, -0.05) is 24.3 Å². The summed E-state index contributed by atoms with van der Waals surface area (Å²) in [6.07, 6.45) is 4.77. The number of esters is 1. The van der Waals surface area contributed by atoms with Crippen LogP contribution in [0.25, 0.3) is 5.57 Å². The SMILES string of the molecule is CCOC(=O)CCC1(C(=O)CCc2ccc(OC)cc2)N=CC=C1c1ccc(N)cc1. The molecule has 0 aliphatic carbocycles. The summed E-state index contributed by atoms with van der Waals surface area (Å²) in [5, 5.41) is 0. The summed E-state index contributed by atoms with van der Waals surface area (Å²) in [6, 6.07) is 15.0. The third kappa shape index (κ3) is 5.20. The minimum Gasteiger partial charge on any atom is -0.497 e. The number of benzene rings is 2. The molecule has 1 aliphatic heterocycles. The van der Waals surface area contributed by atoms with Gasteiger partial charge in [-0.2, -0.15) is 0 Å². The van der Waals surface area contributed by atoms with Crippen molar-refractivity contribution in [3.05, 3.63) is 65.7 Å². The molecule has 0 aromatic heterocycles. The maximum Gasteiger partial charge on any atom is 0.305 e. The summed E-state index contributed by atoms with van der Waals surface area (Å²) >= 11 is 0. The van der Waals surface area contributed by atoms with Gasteiger partial charge in [0.1, 0.15) is 11.3 Å². The summed E-state index contributed by atoms with van der Waals surface area (Å²) in [5.74, 6) is 0.419. The molecule has 1 unspecified atom stereocenters. The Morgan fingerprint density at radius 1 is 1.03 bits per heavy atom. The lowest BCUT2D eigenvalue weighted by molar-refractivity contribution is -0.143. The highest BCUT2D eigenvalue weighted by molar-refractivity contribution is 6.10. The van der Waals surface area contributed by atoms with Gasteiger partial charge in [-0.3, -0.25) is 14.6 Å². The van der Waals surface area contributed by atoms with E-state index in [1.165, 1.54) is 0 Å². The minimum absolute atomic E-state index is 0.0237. The molecule has 1 atom stereocenters. The maximum atomic E-state index is 13.5. The van der Waals surface area contributed by atoms with Crippen LogP contribution in [0, 0.1) is 0 Å². The maximum absolute atomic E-state index is 13.5. The second kappa shape index (κ2) is 10.1. The van der Waals surface area contributed by atoms with Crippen molar-refractivity contribution in [2.24, 2.45) is 4.99 Å². The third-order valence-electron chi connectivity index (χ3n) is 5.46.